The molecule has 0 saturated carbocycles. The van der Waals surface area contributed by atoms with Gasteiger partial charge in [0.15, 0.2) is 0 Å². The molecule has 1 rings (SSSR count). The third kappa shape index (κ3) is 5.19. The van der Waals surface area contributed by atoms with Gasteiger partial charge in [0.25, 0.3) is 0 Å². The number of carbonyl (C=O) groups is 1. The van der Waals surface area contributed by atoms with Gasteiger partial charge in [-0.15, -0.1) is 0 Å². The van der Waals surface area contributed by atoms with Crippen LogP contribution in [-0.4, -0.2) is 18.1 Å². The van der Waals surface area contributed by atoms with Crippen LogP contribution in [-0.2, 0) is 9.53 Å². The van der Waals surface area contributed by atoms with Crippen molar-refractivity contribution in [3.8, 4) is 0 Å². The van der Waals surface area contributed by atoms with Crippen LogP contribution < -0.4 is 5.32 Å². The van der Waals surface area contributed by atoms with Crippen LogP contribution in [0.3, 0.4) is 0 Å². The van der Waals surface area contributed by atoms with Crippen LogP contribution in [0.2, 0.25) is 0 Å². The Kier molecular flexibility index (Phi) is 5.35. The van der Waals surface area contributed by atoms with Crippen LogP contribution >= 0.6 is 15.9 Å². The van der Waals surface area contributed by atoms with Crippen molar-refractivity contribution < 1.29 is 9.53 Å². The van der Waals surface area contributed by atoms with Crippen molar-refractivity contribution in [1.29, 1.82) is 0 Å². The second kappa shape index (κ2) is 6.34. The Morgan fingerprint density at radius 3 is 2.56 bits per heavy atom. The molecule has 1 aromatic rings. The molecule has 3 nitrogen and oxygen atoms in total. The maximum absolute atomic E-state index is 11.6. The fourth-order valence-corrected chi connectivity index (χ4v) is 2.18. The van der Waals surface area contributed by atoms with Gasteiger partial charge < -0.3 is 10.1 Å². The Hall–Kier alpha value is -0.870. The molecule has 0 aromatic heterocycles. The monoisotopic (exact) mass is 313 g/mol. The molecule has 0 bridgehead atoms. The number of nitrogens with one attached hydrogen (secondary N) is 1. The lowest BCUT2D eigenvalue weighted by Gasteiger charge is -2.21. The van der Waals surface area contributed by atoms with Crippen LogP contribution in [0, 0.1) is 0 Å². The van der Waals surface area contributed by atoms with E-state index in [0.29, 0.717) is 0 Å². The zero-order valence-electron chi connectivity index (χ0n) is 11.3. The van der Waals surface area contributed by atoms with Crippen LogP contribution in [0.4, 0.5) is 0 Å². The fraction of sp³-hybridized carbons (Fsp3) is 0.500. The Bertz CT molecular complexity index is 413. The predicted molar refractivity (Wildman–Crippen MR) is 76.4 cm³/mol. The van der Waals surface area contributed by atoms with E-state index in [4.69, 9.17) is 4.74 Å². The molecule has 1 unspecified atom stereocenters. The summed E-state index contributed by atoms with van der Waals surface area (Å²) in [5.41, 5.74) is 0.691. The van der Waals surface area contributed by atoms with Gasteiger partial charge in [-0.3, -0.25) is 4.79 Å². The SMILES string of the molecule is CC(NCC(=O)OC(C)(C)C)c1ccccc1Br. The van der Waals surface area contributed by atoms with E-state index in [1.165, 1.54) is 0 Å². The number of hydrogen-bond acceptors (Lipinski definition) is 3. The molecular formula is C14H20BrNO2. The highest BCUT2D eigenvalue weighted by atomic mass is 79.9. The molecule has 1 aromatic carbocycles. The molecular weight excluding hydrogens is 294 g/mol. The van der Waals surface area contributed by atoms with Crippen LogP contribution in [0.15, 0.2) is 28.7 Å². The van der Waals surface area contributed by atoms with Crippen molar-refractivity contribution >= 4 is 21.9 Å². The number of esters is 1. The van der Waals surface area contributed by atoms with E-state index in [2.05, 4.69) is 21.2 Å². The first kappa shape index (κ1) is 15.2. The minimum absolute atomic E-state index is 0.0908. The zero-order chi connectivity index (χ0) is 13.8. The summed E-state index contributed by atoms with van der Waals surface area (Å²) in [6.07, 6.45) is 0. The number of halogens is 1. The van der Waals surface area contributed by atoms with E-state index in [9.17, 15) is 4.79 Å². The summed E-state index contributed by atoms with van der Waals surface area (Å²) < 4.78 is 6.28. The Morgan fingerprint density at radius 2 is 2.00 bits per heavy atom. The van der Waals surface area contributed by atoms with E-state index < -0.39 is 5.60 Å². The highest BCUT2D eigenvalue weighted by Crippen LogP contribution is 2.22. The third-order valence-electron chi connectivity index (χ3n) is 2.34. The average molecular weight is 314 g/mol. The third-order valence-corrected chi connectivity index (χ3v) is 3.07. The van der Waals surface area contributed by atoms with Gasteiger partial charge in [0.05, 0.1) is 6.54 Å². The molecule has 0 amide bonds. The van der Waals surface area contributed by atoms with Crippen molar-refractivity contribution in [3.63, 3.8) is 0 Å². The molecule has 0 radical (unpaired) electrons. The highest BCUT2D eigenvalue weighted by molar-refractivity contribution is 9.10. The summed E-state index contributed by atoms with van der Waals surface area (Å²) in [6, 6.07) is 8.05. The molecule has 0 aliphatic rings. The van der Waals surface area contributed by atoms with Gasteiger partial charge in [0.1, 0.15) is 5.60 Å². The van der Waals surface area contributed by atoms with Crippen LogP contribution in [0.1, 0.15) is 39.3 Å². The number of hydrogen-bond donors (Lipinski definition) is 1. The summed E-state index contributed by atoms with van der Waals surface area (Å²) in [5, 5.41) is 3.16. The quantitative estimate of drug-likeness (QED) is 0.865. The van der Waals surface area contributed by atoms with E-state index >= 15 is 0 Å². The van der Waals surface area contributed by atoms with E-state index in [1.807, 2.05) is 52.0 Å². The van der Waals surface area contributed by atoms with E-state index in [-0.39, 0.29) is 18.6 Å². The number of rotatable bonds is 4. The van der Waals surface area contributed by atoms with Gasteiger partial charge in [0, 0.05) is 10.5 Å². The van der Waals surface area contributed by atoms with E-state index in [1.54, 1.807) is 0 Å². The first-order chi connectivity index (χ1) is 8.29. The molecule has 0 saturated heterocycles. The topological polar surface area (TPSA) is 38.3 Å². The normalized spacial score (nSPS) is 13.2. The summed E-state index contributed by atoms with van der Waals surface area (Å²) in [5.74, 6) is -0.235. The van der Waals surface area contributed by atoms with Gasteiger partial charge in [-0.25, -0.2) is 0 Å². The van der Waals surface area contributed by atoms with Crippen molar-refractivity contribution in [3.05, 3.63) is 34.3 Å². The molecule has 1 atom stereocenters. The average Bonchev–Trinajstić information content (AvgIpc) is 2.24. The molecule has 0 heterocycles. The van der Waals surface area contributed by atoms with E-state index in [0.717, 1.165) is 10.0 Å². The van der Waals surface area contributed by atoms with Crippen molar-refractivity contribution in [2.45, 2.75) is 39.3 Å². The van der Waals surface area contributed by atoms with Gasteiger partial charge in [-0.05, 0) is 39.3 Å². The van der Waals surface area contributed by atoms with Gasteiger partial charge in [-0.1, -0.05) is 34.1 Å². The van der Waals surface area contributed by atoms with Crippen molar-refractivity contribution in [2.24, 2.45) is 0 Å². The zero-order valence-corrected chi connectivity index (χ0v) is 12.9. The molecule has 0 aliphatic carbocycles. The van der Waals surface area contributed by atoms with Crippen LogP contribution in [0.5, 0.6) is 0 Å². The maximum atomic E-state index is 11.6. The largest absolute Gasteiger partial charge is 0.459 e. The first-order valence-electron chi connectivity index (χ1n) is 5.99. The number of benzene rings is 1. The summed E-state index contributed by atoms with van der Waals surface area (Å²) in [7, 11) is 0. The number of ether oxygens (including phenoxy) is 1. The second-order valence-electron chi connectivity index (χ2n) is 5.21. The Balaban J connectivity index is 2.49. The molecule has 100 valence electrons. The fourth-order valence-electron chi connectivity index (χ4n) is 1.55. The van der Waals surface area contributed by atoms with Gasteiger partial charge in [-0.2, -0.15) is 0 Å². The smallest absolute Gasteiger partial charge is 0.320 e. The minimum atomic E-state index is -0.435. The molecule has 0 spiro atoms. The first-order valence-corrected chi connectivity index (χ1v) is 6.78. The highest BCUT2D eigenvalue weighted by Gasteiger charge is 2.17. The molecule has 18 heavy (non-hydrogen) atoms. The standard InChI is InChI=1S/C14H20BrNO2/c1-10(11-7-5-6-8-12(11)15)16-9-13(17)18-14(2,3)4/h5-8,10,16H,9H2,1-4H3. The number of carbonyl (C=O) groups excluding carboxylic acids is 1. The summed E-state index contributed by atoms with van der Waals surface area (Å²) in [6.45, 7) is 7.82. The summed E-state index contributed by atoms with van der Waals surface area (Å²) in [4.78, 5) is 11.6. The van der Waals surface area contributed by atoms with Crippen molar-refractivity contribution in [1.82, 2.24) is 5.32 Å². The van der Waals surface area contributed by atoms with Gasteiger partial charge >= 0.3 is 5.97 Å². The van der Waals surface area contributed by atoms with Crippen molar-refractivity contribution in [2.75, 3.05) is 6.54 Å². The maximum Gasteiger partial charge on any atom is 0.320 e. The lowest BCUT2D eigenvalue weighted by Crippen LogP contribution is -2.32. The lowest BCUT2D eigenvalue weighted by atomic mass is 10.1. The lowest BCUT2D eigenvalue weighted by molar-refractivity contribution is -0.153. The summed E-state index contributed by atoms with van der Waals surface area (Å²) >= 11 is 3.50. The molecule has 1 N–H and O–H groups in total. The minimum Gasteiger partial charge on any atom is -0.459 e. The van der Waals surface area contributed by atoms with Gasteiger partial charge in [0.2, 0.25) is 0 Å². The van der Waals surface area contributed by atoms with Crippen LogP contribution in [0.25, 0.3) is 0 Å². The second-order valence-corrected chi connectivity index (χ2v) is 6.06. The molecule has 0 fully saturated rings. The Labute approximate surface area is 117 Å². The molecule has 0 aliphatic heterocycles. The predicted octanol–water partition coefficient (Wildman–Crippen LogP) is 3.44. The Morgan fingerprint density at radius 1 is 1.39 bits per heavy atom. The molecule has 4 heteroatoms.